The SMILES string of the molecule is Cc1ccc2c(CC(=O)Nc3ccccc3NC(=O)N3CCCC3)coc2c1C. The van der Waals surface area contributed by atoms with Crippen molar-refractivity contribution >= 4 is 34.3 Å². The molecule has 6 nitrogen and oxygen atoms in total. The van der Waals surface area contributed by atoms with Crippen LogP contribution in [0, 0.1) is 13.8 Å². The van der Waals surface area contributed by atoms with E-state index in [4.69, 9.17) is 4.42 Å². The van der Waals surface area contributed by atoms with E-state index in [1.807, 2.05) is 38.1 Å². The molecule has 0 spiro atoms. The van der Waals surface area contributed by atoms with E-state index >= 15 is 0 Å². The van der Waals surface area contributed by atoms with Crippen molar-refractivity contribution in [1.82, 2.24) is 4.90 Å². The molecule has 6 heteroatoms. The van der Waals surface area contributed by atoms with E-state index < -0.39 is 0 Å². The molecule has 4 rings (SSSR count). The van der Waals surface area contributed by atoms with Gasteiger partial charge in [-0.3, -0.25) is 4.79 Å². The lowest BCUT2D eigenvalue weighted by atomic mass is 10.0. The predicted molar refractivity (Wildman–Crippen MR) is 114 cm³/mol. The van der Waals surface area contributed by atoms with Crippen molar-refractivity contribution in [3.8, 4) is 0 Å². The van der Waals surface area contributed by atoms with E-state index in [1.54, 1.807) is 23.3 Å². The highest BCUT2D eigenvalue weighted by atomic mass is 16.3. The summed E-state index contributed by atoms with van der Waals surface area (Å²) in [6.07, 6.45) is 3.91. The molecule has 0 radical (unpaired) electrons. The van der Waals surface area contributed by atoms with Crippen molar-refractivity contribution in [1.29, 1.82) is 0 Å². The average Bonchev–Trinajstić information content (AvgIpc) is 3.37. The molecular formula is C23H25N3O3. The van der Waals surface area contributed by atoms with Gasteiger partial charge in [-0.15, -0.1) is 0 Å². The first-order valence-corrected chi connectivity index (χ1v) is 9.94. The fraction of sp³-hybridized carbons (Fsp3) is 0.304. The second kappa shape index (κ2) is 7.99. The first-order valence-electron chi connectivity index (χ1n) is 9.94. The first-order chi connectivity index (χ1) is 14.0. The van der Waals surface area contributed by atoms with Crippen molar-refractivity contribution in [3.63, 3.8) is 0 Å². The number of furan rings is 1. The maximum Gasteiger partial charge on any atom is 0.321 e. The molecule has 1 saturated heterocycles. The van der Waals surface area contributed by atoms with Crippen molar-refractivity contribution < 1.29 is 14.0 Å². The van der Waals surface area contributed by atoms with Gasteiger partial charge in [0, 0.05) is 24.0 Å². The number of carbonyl (C=O) groups is 2. The van der Waals surface area contributed by atoms with Gasteiger partial charge in [-0.2, -0.15) is 0 Å². The van der Waals surface area contributed by atoms with Crippen molar-refractivity contribution in [2.45, 2.75) is 33.1 Å². The maximum atomic E-state index is 12.7. The first kappa shape index (κ1) is 19.1. The molecule has 2 aromatic carbocycles. The number of anilines is 2. The summed E-state index contributed by atoms with van der Waals surface area (Å²) in [6.45, 7) is 5.60. The van der Waals surface area contributed by atoms with Crippen molar-refractivity contribution in [3.05, 3.63) is 59.4 Å². The van der Waals surface area contributed by atoms with E-state index in [0.29, 0.717) is 11.4 Å². The lowest BCUT2D eigenvalue weighted by Crippen LogP contribution is -2.32. The van der Waals surface area contributed by atoms with E-state index in [2.05, 4.69) is 10.6 Å². The van der Waals surface area contributed by atoms with Gasteiger partial charge in [0.25, 0.3) is 0 Å². The fourth-order valence-electron chi connectivity index (χ4n) is 3.71. The number of para-hydroxylation sites is 2. The topological polar surface area (TPSA) is 74.6 Å². The Balaban J connectivity index is 1.48. The Morgan fingerprint density at radius 1 is 1.00 bits per heavy atom. The molecule has 0 saturated carbocycles. The van der Waals surface area contributed by atoms with Gasteiger partial charge in [0.2, 0.25) is 5.91 Å². The lowest BCUT2D eigenvalue weighted by Gasteiger charge is -2.18. The van der Waals surface area contributed by atoms with Gasteiger partial charge in [-0.25, -0.2) is 4.79 Å². The standard InChI is InChI=1S/C23H25N3O3/c1-15-9-10-18-17(14-29-22(18)16(15)2)13-21(27)24-19-7-3-4-8-20(19)25-23(28)26-11-5-6-12-26/h3-4,7-10,14H,5-6,11-13H2,1-2H3,(H,24,27)(H,25,28). The molecule has 2 heterocycles. The van der Waals surface area contributed by atoms with Crippen molar-refractivity contribution in [2.75, 3.05) is 23.7 Å². The zero-order valence-electron chi connectivity index (χ0n) is 16.7. The highest BCUT2D eigenvalue weighted by Crippen LogP contribution is 2.28. The summed E-state index contributed by atoms with van der Waals surface area (Å²) >= 11 is 0. The summed E-state index contributed by atoms with van der Waals surface area (Å²) in [7, 11) is 0. The molecule has 1 aliphatic rings. The molecule has 0 aliphatic carbocycles. The number of amides is 3. The molecule has 1 aromatic heterocycles. The number of nitrogens with one attached hydrogen (secondary N) is 2. The third-order valence-corrected chi connectivity index (χ3v) is 5.53. The monoisotopic (exact) mass is 391 g/mol. The van der Waals surface area contributed by atoms with E-state index in [1.165, 1.54) is 0 Å². The van der Waals surface area contributed by atoms with Gasteiger partial charge in [0.1, 0.15) is 5.58 Å². The Labute approximate surface area is 169 Å². The molecule has 0 atom stereocenters. The zero-order chi connectivity index (χ0) is 20.4. The van der Waals surface area contributed by atoms with Gasteiger partial charge < -0.3 is 20.0 Å². The highest BCUT2D eigenvalue weighted by Gasteiger charge is 2.19. The molecule has 0 bridgehead atoms. The predicted octanol–water partition coefficient (Wildman–Crippen LogP) is 4.86. The second-order valence-corrected chi connectivity index (χ2v) is 7.54. The van der Waals surface area contributed by atoms with Gasteiger partial charge in [0.15, 0.2) is 0 Å². The number of aryl methyl sites for hydroxylation is 2. The zero-order valence-corrected chi connectivity index (χ0v) is 16.7. The van der Waals surface area contributed by atoms with Crippen LogP contribution in [0.2, 0.25) is 0 Å². The number of rotatable bonds is 4. The minimum absolute atomic E-state index is 0.129. The molecule has 1 aliphatic heterocycles. The number of likely N-dealkylation sites (tertiary alicyclic amines) is 1. The van der Waals surface area contributed by atoms with Crippen LogP contribution >= 0.6 is 0 Å². The molecule has 0 unspecified atom stereocenters. The molecular weight excluding hydrogens is 366 g/mol. The van der Waals surface area contributed by atoms with Crippen LogP contribution < -0.4 is 10.6 Å². The molecule has 1 fully saturated rings. The number of hydrogen-bond acceptors (Lipinski definition) is 3. The molecule has 3 aromatic rings. The van der Waals surface area contributed by atoms with E-state index in [9.17, 15) is 9.59 Å². The Hall–Kier alpha value is -3.28. The summed E-state index contributed by atoms with van der Waals surface area (Å²) in [5.74, 6) is -0.159. The van der Waals surface area contributed by atoms with Gasteiger partial charge >= 0.3 is 6.03 Å². The third-order valence-electron chi connectivity index (χ3n) is 5.53. The fourth-order valence-corrected chi connectivity index (χ4v) is 3.71. The van der Waals surface area contributed by atoms with Crippen LogP contribution in [0.1, 0.15) is 29.5 Å². The molecule has 3 amide bonds. The summed E-state index contributed by atoms with van der Waals surface area (Å²) in [4.78, 5) is 26.9. The minimum Gasteiger partial charge on any atom is -0.464 e. The normalized spacial score (nSPS) is 13.7. The summed E-state index contributed by atoms with van der Waals surface area (Å²) in [5, 5.41) is 6.79. The number of urea groups is 1. The average molecular weight is 391 g/mol. The molecule has 2 N–H and O–H groups in total. The van der Waals surface area contributed by atoms with Gasteiger partial charge in [-0.1, -0.05) is 24.3 Å². The number of hydrogen-bond donors (Lipinski definition) is 2. The number of fused-ring (bicyclic) bond motifs is 1. The number of benzene rings is 2. The summed E-state index contributed by atoms with van der Waals surface area (Å²) < 4.78 is 5.70. The molecule has 150 valence electrons. The van der Waals surface area contributed by atoms with Crippen LogP contribution in [-0.2, 0) is 11.2 Å². The Morgan fingerprint density at radius 2 is 1.69 bits per heavy atom. The number of carbonyl (C=O) groups excluding carboxylic acids is 2. The number of nitrogens with zero attached hydrogens (tertiary/aromatic N) is 1. The Bertz CT molecular complexity index is 1060. The quantitative estimate of drug-likeness (QED) is 0.667. The van der Waals surface area contributed by atoms with Crippen LogP contribution in [0.15, 0.2) is 47.1 Å². The van der Waals surface area contributed by atoms with Crippen LogP contribution in [-0.4, -0.2) is 29.9 Å². The van der Waals surface area contributed by atoms with E-state index in [0.717, 1.165) is 53.6 Å². The maximum absolute atomic E-state index is 12.7. The third kappa shape index (κ3) is 3.97. The summed E-state index contributed by atoms with van der Waals surface area (Å²) in [6, 6.07) is 11.2. The lowest BCUT2D eigenvalue weighted by molar-refractivity contribution is -0.115. The highest BCUT2D eigenvalue weighted by molar-refractivity contribution is 6.01. The molecule has 29 heavy (non-hydrogen) atoms. The smallest absolute Gasteiger partial charge is 0.321 e. The Morgan fingerprint density at radius 3 is 2.41 bits per heavy atom. The van der Waals surface area contributed by atoms with Crippen molar-refractivity contribution in [2.24, 2.45) is 0 Å². The Kier molecular flexibility index (Phi) is 5.25. The van der Waals surface area contributed by atoms with Crippen LogP contribution in [0.3, 0.4) is 0 Å². The van der Waals surface area contributed by atoms with E-state index in [-0.39, 0.29) is 18.4 Å². The van der Waals surface area contributed by atoms with Crippen LogP contribution in [0.5, 0.6) is 0 Å². The minimum atomic E-state index is -0.159. The largest absolute Gasteiger partial charge is 0.464 e. The summed E-state index contributed by atoms with van der Waals surface area (Å²) in [5.41, 5.74) is 5.10. The second-order valence-electron chi connectivity index (χ2n) is 7.54. The van der Waals surface area contributed by atoms with Crippen LogP contribution in [0.4, 0.5) is 16.2 Å². The van der Waals surface area contributed by atoms with Gasteiger partial charge in [0.05, 0.1) is 24.1 Å². The van der Waals surface area contributed by atoms with Gasteiger partial charge in [-0.05, 0) is 49.9 Å². The van der Waals surface area contributed by atoms with Crippen LogP contribution in [0.25, 0.3) is 11.0 Å².